The molecule has 0 aliphatic carbocycles. The Balaban J connectivity index is 2.03. The summed E-state index contributed by atoms with van der Waals surface area (Å²) in [5.41, 5.74) is 0.934. The summed E-state index contributed by atoms with van der Waals surface area (Å²) in [5.74, 6) is 0.00849. The second-order valence-corrected chi connectivity index (χ2v) is 6.17. The Morgan fingerprint density at radius 1 is 1.18 bits per heavy atom. The van der Waals surface area contributed by atoms with Crippen molar-refractivity contribution in [3.05, 3.63) is 64.6 Å². The van der Waals surface area contributed by atoms with E-state index >= 15 is 0 Å². The third-order valence-electron chi connectivity index (χ3n) is 4.06. The number of aromatic nitrogens is 3. The second-order valence-electron chi connectivity index (χ2n) is 6.17. The number of hydrogen-bond acceptors (Lipinski definition) is 7. The summed E-state index contributed by atoms with van der Waals surface area (Å²) in [6.07, 6.45) is 2.51. The van der Waals surface area contributed by atoms with Crippen LogP contribution in [0.2, 0.25) is 0 Å². The van der Waals surface area contributed by atoms with Crippen molar-refractivity contribution in [1.29, 1.82) is 0 Å². The minimum atomic E-state index is -0.687. The van der Waals surface area contributed by atoms with E-state index in [9.17, 15) is 14.5 Å². The zero-order valence-corrected chi connectivity index (χ0v) is 15.4. The predicted octanol–water partition coefficient (Wildman–Crippen LogP) is 4.54. The van der Waals surface area contributed by atoms with Gasteiger partial charge in [-0.3, -0.25) is 15.1 Å². The summed E-state index contributed by atoms with van der Waals surface area (Å²) in [6.45, 7) is 4.02. The fraction of sp³-hybridized carbons (Fsp3) is 0.211. The zero-order chi connectivity index (χ0) is 20.1. The number of benzene rings is 1. The van der Waals surface area contributed by atoms with Crippen LogP contribution in [0.3, 0.4) is 0 Å². The Kier molecular flexibility index (Phi) is 5.73. The molecule has 1 aromatic carbocycles. The van der Waals surface area contributed by atoms with Crippen LogP contribution < -0.4 is 10.6 Å². The lowest BCUT2D eigenvalue weighted by Gasteiger charge is -2.14. The molecule has 3 rings (SSSR count). The Labute approximate surface area is 161 Å². The summed E-state index contributed by atoms with van der Waals surface area (Å²) in [4.78, 5) is 23.8. The highest BCUT2D eigenvalue weighted by Gasteiger charge is 2.17. The number of nitro benzene ring substituents is 1. The first-order valence-electron chi connectivity index (χ1n) is 8.74. The highest BCUT2D eigenvalue weighted by Crippen LogP contribution is 2.29. The molecule has 9 heteroatoms. The molecule has 2 N–H and O–H groups in total. The zero-order valence-electron chi connectivity index (χ0n) is 15.4. The summed E-state index contributed by atoms with van der Waals surface area (Å²) >= 11 is 0. The van der Waals surface area contributed by atoms with Crippen LogP contribution in [0.5, 0.6) is 0 Å². The molecule has 144 valence electrons. The largest absolute Gasteiger partial charge is 0.352 e. The lowest BCUT2D eigenvalue weighted by Crippen LogP contribution is -2.16. The van der Waals surface area contributed by atoms with Crippen LogP contribution in [0.4, 0.5) is 27.5 Å². The average molecular weight is 382 g/mol. The monoisotopic (exact) mass is 382 g/mol. The number of anilines is 3. The third-order valence-corrected chi connectivity index (χ3v) is 4.06. The molecule has 0 radical (unpaired) electrons. The number of hydrogen-bond donors (Lipinski definition) is 2. The van der Waals surface area contributed by atoms with Gasteiger partial charge < -0.3 is 10.6 Å². The maximum Gasteiger partial charge on any atom is 0.295 e. The number of rotatable bonds is 7. The SMILES string of the molecule is CC[C@@H](C)Nc1nc(Nc2ccc(F)cc2[N+](=O)[O-])cc(-c2ccccn2)n1. The number of pyridine rings is 1. The molecule has 0 aliphatic rings. The van der Waals surface area contributed by atoms with E-state index in [2.05, 4.69) is 25.6 Å². The van der Waals surface area contributed by atoms with Gasteiger partial charge in [0.15, 0.2) is 0 Å². The van der Waals surface area contributed by atoms with E-state index in [1.807, 2.05) is 19.9 Å². The van der Waals surface area contributed by atoms with Gasteiger partial charge in [-0.15, -0.1) is 0 Å². The van der Waals surface area contributed by atoms with Crippen LogP contribution in [0.15, 0.2) is 48.7 Å². The van der Waals surface area contributed by atoms with Gasteiger partial charge in [0.25, 0.3) is 5.69 Å². The molecule has 0 saturated heterocycles. The smallest absolute Gasteiger partial charge is 0.295 e. The van der Waals surface area contributed by atoms with Crippen molar-refractivity contribution in [1.82, 2.24) is 15.0 Å². The minimum absolute atomic E-state index is 0.131. The van der Waals surface area contributed by atoms with Crippen LogP contribution in [0.1, 0.15) is 20.3 Å². The van der Waals surface area contributed by atoms with Gasteiger partial charge in [-0.2, -0.15) is 4.98 Å². The van der Waals surface area contributed by atoms with Gasteiger partial charge in [-0.05, 0) is 37.6 Å². The average Bonchev–Trinajstić information content (AvgIpc) is 2.69. The van der Waals surface area contributed by atoms with Gasteiger partial charge >= 0.3 is 0 Å². The molecule has 0 unspecified atom stereocenters. The maximum absolute atomic E-state index is 13.4. The first-order chi connectivity index (χ1) is 13.5. The lowest BCUT2D eigenvalue weighted by molar-refractivity contribution is -0.384. The molecule has 1 atom stereocenters. The Morgan fingerprint density at radius 3 is 2.68 bits per heavy atom. The molecule has 0 fully saturated rings. The Hall–Kier alpha value is -3.62. The van der Waals surface area contributed by atoms with Gasteiger partial charge in [0.1, 0.15) is 17.3 Å². The van der Waals surface area contributed by atoms with Gasteiger partial charge in [-0.25, -0.2) is 9.37 Å². The first-order valence-corrected chi connectivity index (χ1v) is 8.74. The molecule has 28 heavy (non-hydrogen) atoms. The molecule has 0 bridgehead atoms. The summed E-state index contributed by atoms with van der Waals surface area (Å²) in [5, 5.41) is 17.3. The molecular weight excluding hydrogens is 363 g/mol. The predicted molar refractivity (Wildman–Crippen MR) is 105 cm³/mol. The highest BCUT2D eigenvalue weighted by molar-refractivity contribution is 5.70. The number of nitrogens with one attached hydrogen (secondary N) is 2. The van der Waals surface area contributed by atoms with Gasteiger partial charge in [0.05, 0.1) is 22.4 Å². The molecule has 0 amide bonds. The molecule has 2 heterocycles. The van der Waals surface area contributed by atoms with Crippen molar-refractivity contribution in [2.45, 2.75) is 26.3 Å². The fourth-order valence-corrected chi connectivity index (χ4v) is 2.44. The molecule has 0 saturated carbocycles. The van der Waals surface area contributed by atoms with Crippen molar-refractivity contribution in [2.75, 3.05) is 10.6 Å². The van der Waals surface area contributed by atoms with Crippen LogP contribution in [-0.4, -0.2) is 25.9 Å². The van der Waals surface area contributed by atoms with E-state index < -0.39 is 10.7 Å². The second kappa shape index (κ2) is 8.38. The number of nitro groups is 1. The normalized spacial score (nSPS) is 11.7. The lowest BCUT2D eigenvalue weighted by atomic mass is 10.2. The van der Waals surface area contributed by atoms with Gasteiger partial charge in [-0.1, -0.05) is 13.0 Å². The van der Waals surface area contributed by atoms with Crippen molar-refractivity contribution in [3.8, 4) is 11.4 Å². The van der Waals surface area contributed by atoms with E-state index in [0.717, 1.165) is 18.6 Å². The topological polar surface area (TPSA) is 106 Å². The first kappa shape index (κ1) is 19.2. The van der Waals surface area contributed by atoms with E-state index in [1.54, 1.807) is 24.4 Å². The van der Waals surface area contributed by atoms with Crippen molar-refractivity contribution < 1.29 is 9.31 Å². The number of nitrogens with zero attached hydrogens (tertiary/aromatic N) is 4. The van der Waals surface area contributed by atoms with Crippen LogP contribution >= 0.6 is 0 Å². The standard InChI is InChI=1S/C19H19FN6O2/c1-3-12(2)22-19-24-16(14-6-4-5-9-21-14)11-18(25-19)23-15-8-7-13(20)10-17(15)26(27)28/h4-12H,3H2,1-2H3,(H2,22,23,24,25)/t12-/m1/s1. The third kappa shape index (κ3) is 4.56. The summed E-state index contributed by atoms with van der Waals surface area (Å²) in [7, 11) is 0. The molecule has 3 aromatic rings. The van der Waals surface area contributed by atoms with E-state index in [1.165, 1.54) is 6.07 Å². The fourth-order valence-electron chi connectivity index (χ4n) is 2.44. The van der Waals surface area contributed by atoms with Crippen molar-refractivity contribution in [2.24, 2.45) is 0 Å². The van der Waals surface area contributed by atoms with Crippen molar-refractivity contribution >= 4 is 23.1 Å². The van der Waals surface area contributed by atoms with Crippen LogP contribution in [0.25, 0.3) is 11.4 Å². The molecule has 0 aliphatic heterocycles. The van der Waals surface area contributed by atoms with Crippen molar-refractivity contribution in [3.63, 3.8) is 0 Å². The number of halogens is 1. The minimum Gasteiger partial charge on any atom is -0.352 e. The molecule has 0 spiro atoms. The van der Waals surface area contributed by atoms with Gasteiger partial charge in [0.2, 0.25) is 5.95 Å². The molecule has 8 nitrogen and oxygen atoms in total. The van der Waals surface area contributed by atoms with Crippen LogP contribution in [0, 0.1) is 15.9 Å². The van der Waals surface area contributed by atoms with E-state index in [0.29, 0.717) is 23.2 Å². The van der Waals surface area contributed by atoms with E-state index in [4.69, 9.17) is 0 Å². The van der Waals surface area contributed by atoms with Gasteiger partial charge in [0, 0.05) is 18.3 Å². The van der Waals surface area contributed by atoms with Crippen LogP contribution in [-0.2, 0) is 0 Å². The highest BCUT2D eigenvalue weighted by atomic mass is 19.1. The summed E-state index contributed by atoms with van der Waals surface area (Å²) < 4.78 is 13.4. The molecule has 2 aromatic heterocycles. The quantitative estimate of drug-likeness (QED) is 0.456. The molecular formula is C19H19FN6O2. The summed E-state index contributed by atoms with van der Waals surface area (Å²) in [6, 6.07) is 10.5. The maximum atomic E-state index is 13.4. The Bertz CT molecular complexity index is 983. The Morgan fingerprint density at radius 2 is 2.00 bits per heavy atom. The van der Waals surface area contributed by atoms with E-state index in [-0.39, 0.29) is 17.4 Å².